The first kappa shape index (κ1) is 15.3. The van der Waals surface area contributed by atoms with Crippen LogP contribution in [0.15, 0.2) is 24.3 Å². The summed E-state index contributed by atoms with van der Waals surface area (Å²) in [6, 6.07) is 9.03. The normalized spacial score (nSPS) is 21.4. The van der Waals surface area contributed by atoms with E-state index in [1.165, 1.54) is 5.56 Å². The Bertz CT molecular complexity index is 490. The number of rotatable bonds is 3. The van der Waals surface area contributed by atoms with Gasteiger partial charge >= 0.3 is 0 Å². The number of amides is 1. The summed E-state index contributed by atoms with van der Waals surface area (Å²) in [5, 5.41) is 3.24. The van der Waals surface area contributed by atoms with E-state index < -0.39 is 0 Å². The number of nitrogens with zero attached hydrogens (tertiary/aromatic N) is 2. The van der Waals surface area contributed by atoms with E-state index in [4.69, 9.17) is 0 Å². The highest BCUT2D eigenvalue weighted by Crippen LogP contribution is 2.31. The van der Waals surface area contributed by atoms with Crippen LogP contribution in [0.25, 0.3) is 0 Å². The molecule has 0 aliphatic carbocycles. The van der Waals surface area contributed by atoms with E-state index in [2.05, 4.69) is 29.3 Å². The largest absolute Gasteiger partial charge is 0.314 e. The summed E-state index contributed by atoms with van der Waals surface area (Å²) in [6.45, 7) is 4.62. The quantitative estimate of drug-likeness (QED) is 0.913. The van der Waals surface area contributed by atoms with Gasteiger partial charge in [-0.2, -0.15) is 0 Å². The summed E-state index contributed by atoms with van der Waals surface area (Å²) < 4.78 is 0. The van der Waals surface area contributed by atoms with Gasteiger partial charge < -0.3 is 10.2 Å². The zero-order chi connectivity index (χ0) is 13.4. The third kappa shape index (κ3) is 2.68. The minimum absolute atomic E-state index is 0. The van der Waals surface area contributed by atoms with Crippen molar-refractivity contribution in [2.45, 2.75) is 25.4 Å². The Morgan fingerprint density at radius 2 is 2.10 bits per heavy atom. The summed E-state index contributed by atoms with van der Waals surface area (Å²) in [6.07, 6.45) is 0.969. The Hall–Kier alpha value is -1.10. The van der Waals surface area contributed by atoms with Crippen molar-refractivity contribution in [3.05, 3.63) is 29.8 Å². The smallest absolute Gasteiger partial charge is 0.241 e. The highest BCUT2D eigenvalue weighted by Gasteiger charge is 2.32. The summed E-state index contributed by atoms with van der Waals surface area (Å²) in [7, 11) is 2.04. The first-order chi connectivity index (χ1) is 9.16. The molecular weight excluding hydrogens is 274 g/mol. The highest BCUT2D eigenvalue weighted by molar-refractivity contribution is 5.97. The van der Waals surface area contributed by atoms with Gasteiger partial charge in [0.2, 0.25) is 5.91 Å². The molecule has 0 radical (unpaired) electrons. The Morgan fingerprint density at radius 1 is 1.40 bits per heavy atom. The van der Waals surface area contributed by atoms with Crippen LogP contribution in [0.3, 0.4) is 0 Å². The predicted octanol–water partition coefficient (Wildman–Crippen LogP) is 1.29. The van der Waals surface area contributed by atoms with Crippen molar-refractivity contribution in [3.8, 4) is 0 Å². The lowest BCUT2D eigenvalue weighted by molar-refractivity contribution is -0.120. The SMILES string of the molecule is CC1Cc2ccccc2N1C(=O)CN(C)C1CNC1.Cl. The molecule has 2 aliphatic heterocycles. The Balaban J connectivity index is 0.00000147. The van der Waals surface area contributed by atoms with E-state index in [-0.39, 0.29) is 24.4 Å². The monoisotopic (exact) mass is 295 g/mol. The summed E-state index contributed by atoms with van der Waals surface area (Å²) in [5.74, 6) is 0.215. The average Bonchev–Trinajstić information content (AvgIpc) is 2.62. The molecule has 2 aliphatic rings. The summed E-state index contributed by atoms with van der Waals surface area (Å²) in [4.78, 5) is 16.7. The summed E-state index contributed by atoms with van der Waals surface area (Å²) >= 11 is 0. The first-order valence-electron chi connectivity index (χ1n) is 6.97. The van der Waals surface area contributed by atoms with Gasteiger partial charge in [-0.3, -0.25) is 9.69 Å². The molecule has 1 atom stereocenters. The fourth-order valence-electron chi connectivity index (χ4n) is 2.95. The van der Waals surface area contributed by atoms with Gasteiger partial charge in [0.15, 0.2) is 0 Å². The van der Waals surface area contributed by atoms with E-state index in [0.717, 1.165) is 25.2 Å². The lowest BCUT2D eigenvalue weighted by Crippen LogP contribution is -2.58. The number of nitrogens with one attached hydrogen (secondary N) is 1. The topological polar surface area (TPSA) is 35.6 Å². The molecule has 3 rings (SSSR count). The molecule has 0 saturated carbocycles. The van der Waals surface area contributed by atoms with E-state index >= 15 is 0 Å². The zero-order valence-corrected chi connectivity index (χ0v) is 12.8. The average molecular weight is 296 g/mol. The van der Waals surface area contributed by atoms with Crippen molar-refractivity contribution in [1.82, 2.24) is 10.2 Å². The molecule has 110 valence electrons. The van der Waals surface area contributed by atoms with Crippen LogP contribution in [0.5, 0.6) is 0 Å². The van der Waals surface area contributed by atoms with Gasteiger partial charge in [0, 0.05) is 30.9 Å². The molecule has 1 aromatic rings. The van der Waals surface area contributed by atoms with Gasteiger partial charge in [0.05, 0.1) is 6.54 Å². The molecule has 5 heteroatoms. The number of carbonyl (C=O) groups excluding carboxylic acids is 1. The molecule has 1 aromatic carbocycles. The molecule has 1 saturated heterocycles. The third-order valence-corrected chi connectivity index (χ3v) is 4.24. The van der Waals surface area contributed by atoms with Crippen LogP contribution in [0.2, 0.25) is 0 Å². The van der Waals surface area contributed by atoms with Crippen molar-refractivity contribution < 1.29 is 4.79 Å². The second kappa shape index (κ2) is 6.12. The van der Waals surface area contributed by atoms with E-state index in [1.807, 2.05) is 24.1 Å². The van der Waals surface area contributed by atoms with E-state index in [1.54, 1.807) is 0 Å². The number of benzene rings is 1. The molecule has 1 N–H and O–H groups in total. The molecule has 1 amide bonds. The van der Waals surface area contributed by atoms with Gasteiger partial charge in [0.25, 0.3) is 0 Å². The molecular formula is C15H22ClN3O. The molecule has 0 bridgehead atoms. The van der Waals surface area contributed by atoms with E-state index in [0.29, 0.717) is 12.6 Å². The van der Waals surface area contributed by atoms with Crippen molar-refractivity contribution in [2.75, 3.05) is 31.6 Å². The number of para-hydroxylation sites is 1. The van der Waals surface area contributed by atoms with Crippen LogP contribution in [0.1, 0.15) is 12.5 Å². The predicted molar refractivity (Wildman–Crippen MR) is 83.6 cm³/mol. The molecule has 20 heavy (non-hydrogen) atoms. The molecule has 2 heterocycles. The second-order valence-electron chi connectivity index (χ2n) is 5.67. The number of carbonyl (C=O) groups is 1. The second-order valence-corrected chi connectivity index (χ2v) is 5.67. The number of hydrogen-bond donors (Lipinski definition) is 1. The number of fused-ring (bicyclic) bond motifs is 1. The number of likely N-dealkylation sites (N-methyl/N-ethyl adjacent to an activating group) is 1. The molecule has 0 spiro atoms. The van der Waals surface area contributed by atoms with Crippen molar-refractivity contribution in [3.63, 3.8) is 0 Å². The summed E-state index contributed by atoms with van der Waals surface area (Å²) in [5.41, 5.74) is 2.39. The van der Waals surface area contributed by atoms with Gasteiger partial charge in [-0.25, -0.2) is 0 Å². The van der Waals surface area contributed by atoms with Gasteiger partial charge in [0.1, 0.15) is 0 Å². The van der Waals surface area contributed by atoms with Crippen molar-refractivity contribution in [1.29, 1.82) is 0 Å². The highest BCUT2D eigenvalue weighted by atomic mass is 35.5. The van der Waals surface area contributed by atoms with Crippen LogP contribution in [-0.4, -0.2) is 49.6 Å². The van der Waals surface area contributed by atoms with Crippen LogP contribution >= 0.6 is 12.4 Å². The van der Waals surface area contributed by atoms with Crippen LogP contribution in [0.4, 0.5) is 5.69 Å². The molecule has 4 nitrogen and oxygen atoms in total. The van der Waals surface area contributed by atoms with Gasteiger partial charge in [-0.05, 0) is 32.0 Å². The number of hydrogen-bond acceptors (Lipinski definition) is 3. The number of halogens is 1. The lowest BCUT2D eigenvalue weighted by atomic mass is 10.1. The van der Waals surface area contributed by atoms with Crippen molar-refractivity contribution in [2.24, 2.45) is 0 Å². The van der Waals surface area contributed by atoms with Crippen LogP contribution < -0.4 is 10.2 Å². The van der Waals surface area contributed by atoms with E-state index in [9.17, 15) is 4.79 Å². The van der Waals surface area contributed by atoms with Crippen LogP contribution in [-0.2, 0) is 11.2 Å². The van der Waals surface area contributed by atoms with Gasteiger partial charge in [-0.1, -0.05) is 18.2 Å². The fraction of sp³-hybridized carbons (Fsp3) is 0.533. The lowest BCUT2D eigenvalue weighted by Gasteiger charge is -2.36. The maximum absolute atomic E-state index is 12.5. The Kier molecular flexibility index (Phi) is 4.68. The van der Waals surface area contributed by atoms with Crippen molar-refractivity contribution >= 4 is 24.0 Å². The van der Waals surface area contributed by atoms with Crippen LogP contribution in [0, 0.1) is 0 Å². The Morgan fingerprint density at radius 3 is 2.75 bits per heavy atom. The molecule has 0 aromatic heterocycles. The van der Waals surface area contributed by atoms with Gasteiger partial charge in [-0.15, -0.1) is 12.4 Å². The minimum Gasteiger partial charge on any atom is -0.314 e. The first-order valence-corrected chi connectivity index (χ1v) is 6.97. The third-order valence-electron chi connectivity index (χ3n) is 4.24. The standard InChI is InChI=1S/C15H21N3O.ClH/c1-11-7-12-5-3-4-6-14(12)18(11)15(19)10-17(2)13-8-16-9-13;/h3-6,11,13,16H,7-10H2,1-2H3;1H. The Labute approximate surface area is 126 Å². The maximum atomic E-state index is 12.5. The zero-order valence-electron chi connectivity index (χ0n) is 12.0. The fourth-order valence-corrected chi connectivity index (χ4v) is 2.95. The molecule has 1 unspecified atom stereocenters. The minimum atomic E-state index is 0. The number of anilines is 1. The molecule has 1 fully saturated rings. The maximum Gasteiger partial charge on any atom is 0.241 e.